The Morgan fingerprint density at radius 3 is 2.37 bits per heavy atom. The predicted octanol–water partition coefficient (Wildman–Crippen LogP) is 3.89. The third-order valence-corrected chi connectivity index (χ3v) is 2.66. The average molecular weight is 266 g/mol. The van der Waals surface area contributed by atoms with Crippen LogP contribution in [0.25, 0.3) is 11.1 Å². The molecule has 0 saturated heterocycles. The SMILES string of the molecule is O=Cc1cc(C(F)(F)F)ccc1-c1cccc(O)c1. The summed E-state index contributed by atoms with van der Waals surface area (Å²) in [6, 6.07) is 8.91. The van der Waals surface area contributed by atoms with Crippen LogP contribution in [0.5, 0.6) is 5.75 Å². The molecule has 0 aliphatic rings. The molecule has 0 fully saturated rings. The van der Waals surface area contributed by atoms with Crippen LogP contribution < -0.4 is 0 Å². The fourth-order valence-electron chi connectivity index (χ4n) is 1.77. The van der Waals surface area contributed by atoms with Crippen LogP contribution in [0, 0.1) is 0 Å². The van der Waals surface area contributed by atoms with Crippen LogP contribution >= 0.6 is 0 Å². The van der Waals surface area contributed by atoms with Gasteiger partial charge in [-0.1, -0.05) is 18.2 Å². The van der Waals surface area contributed by atoms with Gasteiger partial charge in [-0.15, -0.1) is 0 Å². The molecule has 2 nitrogen and oxygen atoms in total. The fourth-order valence-corrected chi connectivity index (χ4v) is 1.77. The molecule has 2 rings (SSSR count). The van der Waals surface area contributed by atoms with Crippen molar-refractivity contribution < 1.29 is 23.1 Å². The summed E-state index contributed by atoms with van der Waals surface area (Å²) >= 11 is 0. The molecule has 1 N–H and O–H groups in total. The smallest absolute Gasteiger partial charge is 0.416 e. The summed E-state index contributed by atoms with van der Waals surface area (Å²) in [5.74, 6) is -0.0192. The molecule has 0 unspecified atom stereocenters. The molecular formula is C14H9F3O2. The van der Waals surface area contributed by atoms with Crippen molar-refractivity contribution in [2.24, 2.45) is 0 Å². The minimum atomic E-state index is -4.49. The Kier molecular flexibility index (Phi) is 3.29. The maximum absolute atomic E-state index is 12.5. The highest BCUT2D eigenvalue weighted by molar-refractivity contribution is 5.88. The highest BCUT2D eigenvalue weighted by Gasteiger charge is 2.31. The van der Waals surface area contributed by atoms with E-state index in [1.165, 1.54) is 18.2 Å². The van der Waals surface area contributed by atoms with Crippen molar-refractivity contribution in [1.82, 2.24) is 0 Å². The lowest BCUT2D eigenvalue weighted by Gasteiger charge is -2.10. The zero-order chi connectivity index (χ0) is 14.0. The molecule has 0 aliphatic carbocycles. The van der Waals surface area contributed by atoms with Crippen molar-refractivity contribution in [3.63, 3.8) is 0 Å². The van der Waals surface area contributed by atoms with Crippen molar-refractivity contribution in [2.45, 2.75) is 6.18 Å². The van der Waals surface area contributed by atoms with Gasteiger partial charge in [0.2, 0.25) is 0 Å². The molecule has 2 aromatic rings. The zero-order valence-corrected chi connectivity index (χ0v) is 9.61. The fraction of sp³-hybridized carbons (Fsp3) is 0.0714. The molecule has 0 bridgehead atoms. The molecule has 0 amide bonds. The van der Waals surface area contributed by atoms with Crippen molar-refractivity contribution >= 4 is 6.29 Å². The van der Waals surface area contributed by atoms with E-state index >= 15 is 0 Å². The van der Waals surface area contributed by atoms with Crippen LogP contribution in [0.15, 0.2) is 42.5 Å². The van der Waals surface area contributed by atoms with Gasteiger partial charge in [0.25, 0.3) is 0 Å². The number of hydrogen-bond acceptors (Lipinski definition) is 2. The molecule has 2 aromatic carbocycles. The first-order chi connectivity index (χ1) is 8.91. The largest absolute Gasteiger partial charge is 0.508 e. The number of rotatable bonds is 2. The molecule has 0 spiro atoms. The van der Waals surface area contributed by atoms with E-state index in [0.717, 1.165) is 12.1 Å². The van der Waals surface area contributed by atoms with Crippen LogP contribution in [0.4, 0.5) is 13.2 Å². The summed E-state index contributed by atoms with van der Waals surface area (Å²) < 4.78 is 37.6. The second-order valence-corrected chi connectivity index (χ2v) is 3.97. The lowest BCUT2D eigenvalue weighted by Crippen LogP contribution is -2.05. The predicted molar refractivity (Wildman–Crippen MR) is 63.9 cm³/mol. The van der Waals surface area contributed by atoms with Gasteiger partial charge < -0.3 is 5.11 Å². The Morgan fingerprint density at radius 2 is 1.79 bits per heavy atom. The first kappa shape index (κ1) is 13.1. The summed E-state index contributed by atoms with van der Waals surface area (Å²) in [4.78, 5) is 10.9. The number of benzene rings is 2. The summed E-state index contributed by atoms with van der Waals surface area (Å²) in [7, 11) is 0. The molecule has 5 heteroatoms. The van der Waals surface area contributed by atoms with Crippen LogP contribution in [0.2, 0.25) is 0 Å². The van der Waals surface area contributed by atoms with Crippen LogP contribution in [-0.2, 0) is 6.18 Å². The Labute approximate surface area is 107 Å². The molecule has 0 heterocycles. The van der Waals surface area contributed by atoms with Crippen LogP contribution in [-0.4, -0.2) is 11.4 Å². The molecule has 0 saturated carbocycles. The Balaban J connectivity index is 2.56. The lowest BCUT2D eigenvalue weighted by molar-refractivity contribution is -0.137. The van der Waals surface area contributed by atoms with Gasteiger partial charge in [-0.05, 0) is 35.4 Å². The number of hydrogen-bond donors (Lipinski definition) is 1. The van der Waals surface area contributed by atoms with Gasteiger partial charge in [0, 0.05) is 5.56 Å². The highest BCUT2D eigenvalue weighted by atomic mass is 19.4. The van der Waals surface area contributed by atoms with Crippen molar-refractivity contribution in [3.05, 3.63) is 53.6 Å². The molecule has 0 radical (unpaired) electrons. The number of halogens is 3. The molecule has 0 aliphatic heterocycles. The molecule has 0 aromatic heterocycles. The molecule has 19 heavy (non-hydrogen) atoms. The Bertz CT molecular complexity index is 618. The first-order valence-corrected chi connectivity index (χ1v) is 5.37. The van der Waals surface area contributed by atoms with Gasteiger partial charge in [0.1, 0.15) is 5.75 Å². The third kappa shape index (κ3) is 2.76. The second kappa shape index (κ2) is 4.76. The van der Waals surface area contributed by atoms with E-state index < -0.39 is 11.7 Å². The maximum Gasteiger partial charge on any atom is 0.416 e. The van der Waals surface area contributed by atoms with E-state index in [4.69, 9.17) is 0 Å². The molecule has 0 atom stereocenters. The standard InChI is InChI=1S/C14H9F3O2/c15-14(16,17)11-4-5-13(10(6-11)8-18)9-2-1-3-12(19)7-9/h1-8,19H. The second-order valence-electron chi connectivity index (χ2n) is 3.97. The van der Waals surface area contributed by atoms with Crippen LogP contribution in [0.1, 0.15) is 15.9 Å². The van der Waals surface area contributed by atoms with Crippen molar-refractivity contribution in [3.8, 4) is 16.9 Å². The van der Waals surface area contributed by atoms with E-state index in [-0.39, 0.29) is 11.3 Å². The van der Waals surface area contributed by atoms with Gasteiger partial charge in [0.15, 0.2) is 6.29 Å². The first-order valence-electron chi connectivity index (χ1n) is 5.37. The molecular weight excluding hydrogens is 257 g/mol. The molecule has 98 valence electrons. The summed E-state index contributed by atoms with van der Waals surface area (Å²) in [5.41, 5.74) is -0.117. The minimum absolute atomic E-state index is 0.0192. The summed E-state index contributed by atoms with van der Waals surface area (Å²) in [6.07, 6.45) is -4.12. The number of aldehydes is 1. The van der Waals surface area contributed by atoms with E-state index in [2.05, 4.69) is 0 Å². The summed E-state index contributed by atoms with van der Waals surface area (Å²) in [5, 5.41) is 9.35. The quantitative estimate of drug-likeness (QED) is 0.837. The maximum atomic E-state index is 12.5. The highest BCUT2D eigenvalue weighted by Crippen LogP contribution is 2.33. The Morgan fingerprint density at radius 1 is 1.05 bits per heavy atom. The van der Waals surface area contributed by atoms with Gasteiger partial charge in [-0.2, -0.15) is 13.2 Å². The van der Waals surface area contributed by atoms with Gasteiger partial charge in [-0.25, -0.2) is 0 Å². The van der Waals surface area contributed by atoms with E-state index in [1.54, 1.807) is 12.1 Å². The zero-order valence-electron chi connectivity index (χ0n) is 9.61. The van der Waals surface area contributed by atoms with E-state index in [9.17, 15) is 23.1 Å². The van der Waals surface area contributed by atoms with Gasteiger partial charge in [-0.3, -0.25) is 4.79 Å². The average Bonchev–Trinajstić information content (AvgIpc) is 2.37. The number of phenolic OH excluding ortho intramolecular Hbond substituents is 1. The summed E-state index contributed by atoms with van der Waals surface area (Å²) in [6.45, 7) is 0. The minimum Gasteiger partial charge on any atom is -0.508 e. The monoisotopic (exact) mass is 266 g/mol. The number of carbonyl (C=O) groups excluding carboxylic acids is 1. The Hall–Kier alpha value is -2.30. The number of carbonyl (C=O) groups is 1. The lowest BCUT2D eigenvalue weighted by atomic mass is 9.98. The topological polar surface area (TPSA) is 37.3 Å². The van der Waals surface area contributed by atoms with Crippen molar-refractivity contribution in [2.75, 3.05) is 0 Å². The van der Waals surface area contributed by atoms with E-state index in [1.807, 2.05) is 0 Å². The number of phenols is 1. The third-order valence-electron chi connectivity index (χ3n) is 2.66. The number of alkyl halides is 3. The van der Waals surface area contributed by atoms with Gasteiger partial charge in [0.05, 0.1) is 5.56 Å². The van der Waals surface area contributed by atoms with Crippen molar-refractivity contribution in [1.29, 1.82) is 0 Å². The van der Waals surface area contributed by atoms with Crippen LogP contribution in [0.3, 0.4) is 0 Å². The van der Waals surface area contributed by atoms with E-state index in [0.29, 0.717) is 17.4 Å². The van der Waals surface area contributed by atoms with Gasteiger partial charge >= 0.3 is 6.18 Å². The number of aromatic hydroxyl groups is 1. The normalized spacial score (nSPS) is 11.3.